The van der Waals surface area contributed by atoms with Crippen LogP contribution < -0.4 is 5.69 Å². The molecule has 0 radical (unpaired) electrons. The van der Waals surface area contributed by atoms with E-state index in [2.05, 4.69) is 15.2 Å². The zero-order chi connectivity index (χ0) is 17.3. The number of carbonyl (C=O) groups excluding carboxylic acids is 1. The van der Waals surface area contributed by atoms with Gasteiger partial charge < -0.3 is 9.64 Å². The predicted molar refractivity (Wildman–Crippen MR) is 81.9 cm³/mol. The molecule has 1 saturated heterocycles. The van der Waals surface area contributed by atoms with Crippen molar-refractivity contribution < 1.29 is 13.9 Å². The van der Waals surface area contributed by atoms with Gasteiger partial charge in [-0.1, -0.05) is 0 Å². The van der Waals surface area contributed by atoms with Crippen molar-refractivity contribution in [1.82, 2.24) is 24.6 Å². The maximum Gasteiger partial charge on any atom is 0.343 e. The molecule has 1 N–H and O–H groups in total. The highest BCUT2D eigenvalue weighted by molar-refractivity contribution is 5.94. The number of hydrogen-bond acceptors (Lipinski definition) is 5. The number of nitrogens with zero attached hydrogens (tertiary/aromatic N) is 4. The minimum Gasteiger partial charge on any atom is -0.380 e. The largest absolute Gasteiger partial charge is 0.380 e. The van der Waals surface area contributed by atoms with Gasteiger partial charge in [0.05, 0.1) is 23.9 Å². The van der Waals surface area contributed by atoms with E-state index in [0.29, 0.717) is 25.3 Å². The number of aromatic nitrogens is 4. The van der Waals surface area contributed by atoms with Crippen molar-refractivity contribution in [2.45, 2.75) is 32.0 Å². The van der Waals surface area contributed by atoms with E-state index in [9.17, 15) is 14.0 Å². The zero-order valence-electron chi connectivity index (χ0n) is 13.4. The number of ether oxygens (including phenoxy) is 1. The van der Waals surface area contributed by atoms with Crippen LogP contribution in [0, 0.1) is 5.82 Å². The van der Waals surface area contributed by atoms with Crippen LogP contribution in [0.2, 0.25) is 0 Å². The lowest BCUT2D eigenvalue weighted by atomic mass is 10.1. The van der Waals surface area contributed by atoms with Crippen molar-refractivity contribution in [2.75, 3.05) is 13.7 Å². The van der Waals surface area contributed by atoms with E-state index in [1.54, 1.807) is 12.0 Å². The molecular formula is C15H18FN5O3. The number of carbonyl (C=O) groups is 1. The van der Waals surface area contributed by atoms with Crippen molar-refractivity contribution in [3.8, 4) is 0 Å². The lowest BCUT2D eigenvalue weighted by molar-refractivity contribution is 0.0681. The molecule has 0 bridgehead atoms. The molecule has 2 atom stereocenters. The van der Waals surface area contributed by atoms with Gasteiger partial charge in [-0.25, -0.2) is 14.3 Å². The molecular weight excluding hydrogens is 317 g/mol. The Kier molecular flexibility index (Phi) is 4.43. The van der Waals surface area contributed by atoms with Gasteiger partial charge >= 0.3 is 5.69 Å². The van der Waals surface area contributed by atoms with E-state index in [1.165, 1.54) is 10.8 Å². The van der Waals surface area contributed by atoms with Gasteiger partial charge in [-0.15, -0.1) is 0 Å². The first kappa shape index (κ1) is 16.3. The normalized spacial score (nSPS) is 20.5. The van der Waals surface area contributed by atoms with Gasteiger partial charge in [-0.05, 0) is 13.0 Å². The van der Waals surface area contributed by atoms with Crippen molar-refractivity contribution in [2.24, 2.45) is 0 Å². The van der Waals surface area contributed by atoms with Crippen LogP contribution in [0.3, 0.4) is 0 Å². The van der Waals surface area contributed by atoms with Crippen LogP contribution in [0.1, 0.15) is 35.6 Å². The number of amides is 1. The summed E-state index contributed by atoms with van der Waals surface area (Å²) < 4.78 is 20.2. The molecule has 0 aromatic carbocycles. The summed E-state index contributed by atoms with van der Waals surface area (Å²) in [4.78, 5) is 29.9. The Labute approximate surface area is 137 Å². The Bertz CT molecular complexity index is 802. The number of halogens is 1. The highest BCUT2D eigenvalue weighted by Crippen LogP contribution is 2.33. The Hall–Kier alpha value is -2.55. The Morgan fingerprint density at radius 3 is 2.96 bits per heavy atom. The molecule has 3 heterocycles. The Morgan fingerprint density at radius 1 is 1.50 bits per heavy atom. The number of rotatable bonds is 4. The lowest BCUT2D eigenvalue weighted by Gasteiger charge is -2.23. The third-order valence-corrected chi connectivity index (χ3v) is 4.21. The highest BCUT2D eigenvalue weighted by Gasteiger charge is 2.39. The molecule has 1 aliphatic heterocycles. The van der Waals surface area contributed by atoms with Crippen molar-refractivity contribution in [3.05, 3.63) is 46.1 Å². The zero-order valence-corrected chi connectivity index (χ0v) is 13.4. The predicted octanol–water partition coefficient (Wildman–Crippen LogP) is 0.728. The number of nitrogens with one attached hydrogen (secondary N) is 1. The summed E-state index contributed by atoms with van der Waals surface area (Å²) in [6.07, 6.45) is 2.69. The maximum atomic E-state index is 13.4. The minimum atomic E-state index is -0.579. The second kappa shape index (κ2) is 6.52. The smallest absolute Gasteiger partial charge is 0.343 e. The summed E-state index contributed by atoms with van der Waals surface area (Å²) in [7, 11) is 1.57. The van der Waals surface area contributed by atoms with Gasteiger partial charge in [0.1, 0.15) is 5.82 Å². The van der Waals surface area contributed by atoms with Crippen LogP contribution in [0.15, 0.2) is 23.3 Å². The summed E-state index contributed by atoms with van der Waals surface area (Å²) in [5, 5.41) is 6.48. The molecule has 0 aliphatic carbocycles. The fraction of sp³-hybridized carbons (Fsp3) is 0.467. The third kappa shape index (κ3) is 2.82. The standard InChI is InChI=1S/C15H18FN5O3/c1-3-20-13(18-19-15(20)23)12-5-11(24-2)8-21(12)14(22)9-4-10(16)7-17-6-9/h4,6-7,11-12H,3,5,8H2,1-2H3,(H,19,23)/t11-,12-/m0/s1. The van der Waals surface area contributed by atoms with Gasteiger partial charge in [-0.2, -0.15) is 5.10 Å². The molecule has 2 aromatic rings. The van der Waals surface area contributed by atoms with Gasteiger partial charge in [0.2, 0.25) is 0 Å². The van der Waals surface area contributed by atoms with E-state index in [-0.39, 0.29) is 23.3 Å². The maximum absolute atomic E-state index is 13.4. The van der Waals surface area contributed by atoms with E-state index < -0.39 is 11.9 Å². The summed E-state index contributed by atoms with van der Waals surface area (Å²) in [5.74, 6) is -0.477. The number of likely N-dealkylation sites (tertiary alicyclic amines) is 1. The van der Waals surface area contributed by atoms with Crippen LogP contribution in [0.5, 0.6) is 0 Å². The number of pyridine rings is 1. The van der Waals surface area contributed by atoms with E-state index >= 15 is 0 Å². The summed E-state index contributed by atoms with van der Waals surface area (Å²) >= 11 is 0. The summed E-state index contributed by atoms with van der Waals surface area (Å²) in [5.41, 5.74) is -0.175. The van der Waals surface area contributed by atoms with Gasteiger partial charge in [0.15, 0.2) is 5.82 Å². The van der Waals surface area contributed by atoms with Crippen molar-refractivity contribution >= 4 is 5.91 Å². The fourth-order valence-electron chi connectivity index (χ4n) is 3.02. The molecule has 1 amide bonds. The molecule has 1 fully saturated rings. The second-order valence-corrected chi connectivity index (χ2v) is 5.59. The van der Waals surface area contributed by atoms with Crippen molar-refractivity contribution in [1.29, 1.82) is 0 Å². The molecule has 8 nitrogen and oxygen atoms in total. The molecule has 128 valence electrons. The number of hydrogen-bond donors (Lipinski definition) is 1. The number of aromatic amines is 1. The van der Waals surface area contributed by atoms with Crippen LogP contribution in [-0.4, -0.2) is 50.3 Å². The number of H-pyrrole nitrogens is 1. The Morgan fingerprint density at radius 2 is 2.29 bits per heavy atom. The second-order valence-electron chi connectivity index (χ2n) is 5.59. The molecule has 0 spiro atoms. The fourth-order valence-corrected chi connectivity index (χ4v) is 3.02. The Balaban J connectivity index is 1.97. The molecule has 0 unspecified atom stereocenters. The molecule has 1 aliphatic rings. The van der Waals surface area contributed by atoms with Crippen LogP contribution in [0.25, 0.3) is 0 Å². The van der Waals surface area contributed by atoms with Gasteiger partial charge in [0.25, 0.3) is 5.91 Å². The monoisotopic (exact) mass is 335 g/mol. The molecule has 0 saturated carbocycles. The third-order valence-electron chi connectivity index (χ3n) is 4.21. The first-order valence-electron chi connectivity index (χ1n) is 7.64. The molecule has 9 heteroatoms. The molecule has 2 aromatic heterocycles. The first-order chi connectivity index (χ1) is 11.5. The SMILES string of the molecule is CCn1c([C@@H]2C[C@H](OC)CN2C(=O)c2cncc(F)c2)n[nH]c1=O. The van der Waals surface area contributed by atoms with E-state index in [0.717, 1.165) is 12.3 Å². The van der Waals surface area contributed by atoms with E-state index in [1.807, 2.05) is 6.92 Å². The summed E-state index contributed by atoms with van der Waals surface area (Å²) in [6.45, 7) is 2.59. The topological polar surface area (TPSA) is 93.1 Å². The van der Waals surface area contributed by atoms with Crippen LogP contribution >= 0.6 is 0 Å². The highest BCUT2D eigenvalue weighted by atomic mass is 19.1. The molecule has 24 heavy (non-hydrogen) atoms. The lowest BCUT2D eigenvalue weighted by Crippen LogP contribution is -2.34. The average molecular weight is 335 g/mol. The quantitative estimate of drug-likeness (QED) is 0.889. The van der Waals surface area contributed by atoms with Gasteiger partial charge in [0, 0.05) is 32.8 Å². The van der Waals surface area contributed by atoms with Gasteiger partial charge in [-0.3, -0.25) is 14.3 Å². The van der Waals surface area contributed by atoms with Crippen LogP contribution in [0.4, 0.5) is 4.39 Å². The van der Waals surface area contributed by atoms with E-state index in [4.69, 9.17) is 4.74 Å². The minimum absolute atomic E-state index is 0.151. The molecule has 3 rings (SSSR count). The average Bonchev–Trinajstić information content (AvgIpc) is 3.17. The first-order valence-corrected chi connectivity index (χ1v) is 7.64. The summed E-state index contributed by atoms with van der Waals surface area (Å²) in [6, 6.07) is 0.717. The van der Waals surface area contributed by atoms with Crippen LogP contribution in [-0.2, 0) is 11.3 Å². The number of methoxy groups -OCH3 is 1. The van der Waals surface area contributed by atoms with Crippen molar-refractivity contribution in [3.63, 3.8) is 0 Å².